The number of hydrogen-bond acceptors (Lipinski definition) is 9. The molecule has 0 aliphatic carbocycles. The molecule has 0 N–H and O–H groups in total. The summed E-state index contributed by atoms with van der Waals surface area (Å²) in [5.41, 5.74) is 26.2. The molecule has 6 aromatic heterocycles. The average Bonchev–Trinajstić information content (AvgIpc) is 1.62. The van der Waals surface area contributed by atoms with Gasteiger partial charge in [0.25, 0.3) is 12.7 Å². The third kappa shape index (κ3) is 25.6. The number of benzene rings is 13. The van der Waals surface area contributed by atoms with E-state index >= 15 is 0 Å². The molecule has 0 radical (unpaired) electrons. The van der Waals surface area contributed by atoms with Gasteiger partial charge in [0.15, 0.2) is 21.2 Å². The summed E-state index contributed by atoms with van der Waals surface area (Å²) in [6, 6.07) is 110. The van der Waals surface area contributed by atoms with Crippen molar-refractivity contribution < 1.29 is 88.5 Å². The van der Waals surface area contributed by atoms with Crippen molar-refractivity contribution in [2.24, 2.45) is 0 Å². The number of nitriles is 1. The molecule has 15 nitrogen and oxygen atoms in total. The maximum atomic E-state index is 10.7. The first kappa shape index (κ1) is 113. The molecule has 0 fully saturated rings. The zero-order chi connectivity index (χ0) is 109. The molecule has 0 amide bonds. The largest absolute Gasteiger partial charge is 0 e. The van der Waals surface area contributed by atoms with E-state index in [1.54, 1.807) is 12.1 Å². The predicted octanol–water partition coefficient (Wildman–Crippen LogP) is 33.8. The van der Waals surface area contributed by atoms with E-state index in [1.165, 1.54) is 83.3 Å². The Morgan fingerprint density at radius 1 is 0.447 bits per heavy atom. The number of para-hydroxylation sites is 6. The molecule has 0 atom stereocenters. The molecular formula is C127H129Cl2F3N9O6Pt2S-3. The molecule has 0 saturated carbocycles. The molecule has 0 aliphatic rings. The van der Waals surface area contributed by atoms with Crippen molar-refractivity contribution in [3.63, 3.8) is 0 Å². The van der Waals surface area contributed by atoms with Gasteiger partial charge in [0, 0.05) is 73.4 Å². The van der Waals surface area contributed by atoms with Gasteiger partial charge in [-0.2, -0.15) is 47.1 Å². The third-order valence-corrected chi connectivity index (χ3v) is 27.3. The Kier molecular flexibility index (Phi) is 35.6. The topological polar surface area (TPSA) is 170 Å². The van der Waals surface area contributed by atoms with Crippen LogP contribution < -0.4 is 18.6 Å². The number of aromatic nitrogens is 8. The molecule has 19 aromatic rings. The molecule has 0 aliphatic heterocycles. The van der Waals surface area contributed by atoms with Gasteiger partial charge < -0.3 is 28.0 Å². The van der Waals surface area contributed by atoms with E-state index < -0.39 is 32.1 Å². The summed E-state index contributed by atoms with van der Waals surface area (Å²) >= 11 is -0.472. The molecule has 0 bridgehead atoms. The van der Waals surface area contributed by atoms with Crippen LogP contribution in [0, 0.1) is 29.8 Å². The fourth-order valence-electron chi connectivity index (χ4n) is 18.7. The Hall–Kier alpha value is -12.9. The Labute approximate surface area is 914 Å². The van der Waals surface area contributed by atoms with Crippen molar-refractivity contribution in [1.82, 2.24) is 28.2 Å². The molecule has 23 heteroatoms. The van der Waals surface area contributed by atoms with Crippen LogP contribution in [-0.4, -0.2) is 53.5 Å². The fraction of sp³-hybridized carbons (Fsp3) is 0.276. The summed E-state index contributed by atoms with van der Waals surface area (Å²) in [7, 11) is 3.66. The van der Waals surface area contributed by atoms with E-state index in [0.717, 1.165) is 113 Å². The van der Waals surface area contributed by atoms with Crippen molar-refractivity contribution in [1.29, 1.82) is 5.26 Å². The van der Waals surface area contributed by atoms with Gasteiger partial charge in [-0.3, -0.25) is 15.9 Å². The Morgan fingerprint density at radius 3 is 1.33 bits per heavy atom. The first-order chi connectivity index (χ1) is 70.9. The number of carbonyl (C=O) groups excluding carboxylic acids is 1. The summed E-state index contributed by atoms with van der Waals surface area (Å²) in [6.07, 6.45) is 9.85. The van der Waals surface area contributed by atoms with E-state index in [9.17, 15) is 13.2 Å². The molecule has 19 rings (SSSR count). The van der Waals surface area contributed by atoms with Gasteiger partial charge in [-0.05, 0) is 255 Å². The van der Waals surface area contributed by atoms with E-state index in [4.69, 9.17) is 62.7 Å². The number of alkyl halides is 3. The number of nitrogens with zero attached hydrogens (tertiary/aromatic N) is 9. The Bertz CT molecular complexity index is 7750. The molecule has 150 heavy (non-hydrogen) atoms. The normalized spacial score (nSPS) is 12.1. The standard InChI is InChI=1S/C59H63N4O.C59H60N4O.C7H5N.CHF3O3S.CHO.2ClH.2Pt/c2*1-37(2)41-28-50(38(3)4)57(51(29-41)39(5)6)40-26-27-60-56(30-40)63-52-21-14-13-20-48(52)49-25-24-47(35-55(49)63)64-46-19-17-18-44(34-46)61-36-62(54-23-16-15-22-53(54)61)45-32-42(58(7,8)9)31-43(33-45)59(10,11)12;8-6-7-4-2-1-3-5-7;2-1(3,4)8(5,6)7;1-2;;;;/h13-39H,1-12H3;13-33,37-39H,1-12H3;1-5H;(H,5,6,7);1H;2*1H;;/q+1;-2;;;-1;;;;+2/p-3/i;;;;1D;;;;. The van der Waals surface area contributed by atoms with Crippen LogP contribution >= 0.6 is 18.8 Å². The zero-order valence-corrected chi connectivity index (χ0v) is 96.1. The SMILES string of the molecule is CC(C)c1cc(C(C)C)c(-c2ccnc(-n3c4[c-]c(Oc5[c-]c(-n6[c-][n+](-c7cc(C(C)(C)C)cc(C(C)(C)C)c7)c7ccccc76)ccc5)ccc4c4ccccc43)c2)c(C(C)C)c1.CC(C)c1cc(C(C)C)c(-c2ccnc(-n3c4ccccc4c4ccc(Oc5cccc(-n6c[n+](-c7cc(C(C)(C)C)cc(C(C)(C)C)c7)c7ccccc76)c5)cc43)c2)c(C(C)C)c1.N#Cc1ccccc1.O=S(=O)([O-])C(F)(F)F.[2H][C-]=O.[Cl][Pt][Cl].[Pt]. The van der Waals surface area contributed by atoms with Crippen molar-refractivity contribution in [2.75, 3.05) is 0 Å². The third-order valence-electron chi connectivity index (χ3n) is 26.8. The molecule has 0 unspecified atom stereocenters. The minimum atomic E-state index is -6.09. The van der Waals surface area contributed by atoms with E-state index in [0.29, 0.717) is 52.6 Å². The second-order valence-corrected chi connectivity index (χ2v) is 48.2. The average molecular weight is 2430 g/mol. The van der Waals surface area contributed by atoms with Crippen LogP contribution in [0.3, 0.4) is 0 Å². The minimum Gasteiger partial charge on any atom is 0 e. The second kappa shape index (κ2) is 47.3. The van der Waals surface area contributed by atoms with E-state index in [-0.39, 0.29) is 42.7 Å². The fourth-order valence-corrected chi connectivity index (χ4v) is 18.7. The van der Waals surface area contributed by atoms with Crippen molar-refractivity contribution in [3.05, 3.63) is 383 Å². The maximum absolute atomic E-state index is 10.7. The smallest absolute Gasteiger partial charge is 0 e. The van der Waals surface area contributed by atoms with Gasteiger partial charge in [-0.1, -0.05) is 305 Å². The Balaban J connectivity index is 0.000000208. The van der Waals surface area contributed by atoms with E-state index in [1.807, 2.05) is 60.9 Å². The number of imidazole rings is 2. The number of ether oxygens (including phenoxy) is 2. The summed E-state index contributed by atoms with van der Waals surface area (Å²) in [5.74, 6) is 6.82. The molecule has 782 valence electrons. The molecular weight excluding hydrogens is 2300 g/mol. The van der Waals surface area contributed by atoms with Gasteiger partial charge in [0.2, 0.25) is 0 Å². The van der Waals surface area contributed by atoms with Crippen LogP contribution in [0.4, 0.5) is 13.2 Å². The number of hydrogen-bond donors (Lipinski definition) is 0. The van der Waals surface area contributed by atoms with Crippen molar-refractivity contribution >= 4 is 101 Å². The number of halogens is 5. The first-order valence-electron chi connectivity index (χ1n) is 50.6. The van der Waals surface area contributed by atoms with Gasteiger partial charge in [0.1, 0.15) is 34.5 Å². The van der Waals surface area contributed by atoms with Crippen LogP contribution in [-0.2, 0) is 74.1 Å². The number of pyridine rings is 2. The minimum absolute atomic E-state index is 0. The van der Waals surface area contributed by atoms with Crippen LogP contribution in [0.5, 0.6) is 23.0 Å². The summed E-state index contributed by atoms with van der Waals surface area (Å²) in [6.45, 7) is 55.8. The van der Waals surface area contributed by atoms with Gasteiger partial charge >= 0.3 is 40.8 Å². The van der Waals surface area contributed by atoms with Crippen molar-refractivity contribution in [3.8, 4) is 85.7 Å². The summed E-state index contributed by atoms with van der Waals surface area (Å²) < 4.78 is 91.2. The number of rotatable bonds is 18. The van der Waals surface area contributed by atoms with E-state index in [2.05, 4.69) is 449 Å². The first-order valence-corrected chi connectivity index (χ1v) is 57.1. The maximum Gasteiger partial charge on any atom is 0 e. The van der Waals surface area contributed by atoms with Crippen molar-refractivity contribution in [2.45, 2.75) is 229 Å². The monoisotopic (exact) mass is 2430 g/mol. The molecule has 0 saturated heterocycles. The Morgan fingerprint density at radius 2 is 0.860 bits per heavy atom. The van der Waals surface area contributed by atoms with Crippen LogP contribution in [0.2, 0.25) is 0 Å². The quantitative estimate of drug-likeness (QED) is 0.0267. The second-order valence-electron chi connectivity index (χ2n) is 43.5. The number of fused-ring (bicyclic) bond motifs is 8. The van der Waals surface area contributed by atoms with Gasteiger partial charge in [-0.15, -0.1) is 29.7 Å². The van der Waals surface area contributed by atoms with Gasteiger partial charge in [0.05, 0.1) is 39.4 Å². The summed E-state index contributed by atoms with van der Waals surface area (Å²) in [4.78, 5) is 18.4. The van der Waals surface area contributed by atoms with Crippen LogP contribution in [0.25, 0.3) is 122 Å². The molecule has 6 heterocycles. The zero-order valence-electron chi connectivity index (χ0n) is 90.2. The molecule has 0 spiro atoms. The van der Waals surface area contributed by atoms with Crippen LogP contribution in [0.15, 0.2) is 304 Å². The van der Waals surface area contributed by atoms with Gasteiger partial charge in [-0.25, -0.2) is 18.4 Å². The predicted molar refractivity (Wildman–Crippen MR) is 599 cm³/mol. The van der Waals surface area contributed by atoms with Crippen LogP contribution in [0.1, 0.15) is 264 Å². The molecule has 13 aromatic carbocycles. The summed E-state index contributed by atoms with van der Waals surface area (Å²) in [5, 5.41) is 12.8.